The molecule has 16 heavy (non-hydrogen) atoms. The van der Waals surface area contributed by atoms with E-state index in [1.165, 1.54) is 6.42 Å². The number of methoxy groups -OCH3 is 1. The highest BCUT2D eigenvalue weighted by Gasteiger charge is 2.35. The SMILES string of the molecule is COc1cccc2c1[nH]c(=S)n2C1CC1C. The number of hydrogen-bond donors (Lipinski definition) is 1. The zero-order valence-corrected chi connectivity index (χ0v) is 10.2. The maximum atomic E-state index is 5.38. The van der Waals surface area contributed by atoms with Gasteiger partial charge in [-0.05, 0) is 36.7 Å². The van der Waals surface area contributed by atoms with Gasteiger partial charge in [-0.2, -0.15) is 0 Å². The molecule has 1 aliphatic rings. The molecule has 1 aromatic carbocycles. The van der Waals surface area contributed by atoms with E-state index in [4.69, 9.17) is 17.0 Å². The number of H-pyrrole nitrogens is 1. The van der Waals surface area contributed by atoms with Gasteiger partial charge in [-0.15, -0.1) is 0 Å². The van der Waals surface area contributed by atoms with Crippen molar-refractivity contribution in [2.45, 2.75) is 19.4 Å². The molecule has 0 saturated heterocycles. The Balaban J connectivity index is 2.29. The maximum Gasteiger partial charge on any atom is 0.178 e. The summed E-state index contributed by atoms with van der Waals surface area (Å²) in [6, 6.07) is 6.62. The number of hydrogen-bond acceptors (Lipinski definition) is 2. The van der Waals surface area contributed by atoms with E-state index in [1.54, 1.807) is 7.11 Å². The summed E-state index contributed by atoms with van der Waals surface area (Å²) < 4.78 is 8.35. The molecule has 1 saturated carbocycles. The van der Waals surface area contributed by atoms with Crippen molar-refractivity contribution in [2.24, 2.45) is 5.92 Å². The quantitative estimate of drug-likeness (QED) is 0.808. The van der Waals surface area contributed by atoms with E-state index in [-0.39, 0.29) is 0 Å². The van der Waals surface area contributed by atoms with Gasteiger partial charge in [-0.3, -0.25) is 0 Å². The van der Waals surface area contributed by atoms with Gasteiger partial charge in [0.2, 0.25) is 0 Å². The number of nitrogens with zero attached hydrogens (tertiary/aromatic N) is 1. The van der Waals surface area contributed by atoms with Gasteiger partial charge in [0, 0.05) is 6.04 Å². The molecule has 1 N–H and O–H groups in total. The largest absolute Gasteiger partial charge is 0.494 e. The van der Waals surface area contributed by atoms with Crippen LogP contribution in [0.25, 0.3) is 11.0 Å². The van der Waals surface area contributed by atoms with Crippen molar-refractivity contribution in [2.75, 3.05) is 7.11 Å². The Bertz CT molecular complexity index is 599. The predicted octanol–water partition coefficient (Wildman–Crippen LogP) is 3.29. The molecular formula is C12H14N2OS. The Morgan fingerprint density at radius 2 is 2.25 bits per heavy atom. The van der Waals surface area contributed by atoms with Gasteiger partial charge >= 0.3 is 0 Å². The molecule has 0 spiro atoms. The molecule has 2 aromatic rings. The summed E-state index contributed by atoms with van der Waals surface area (Å²) in [5, 5.41) is 0. The van der Waals surface area contributed by atoms with E-state index >= 15 is 0 Å². The number of fused-ring (bicyclic) bond motifs is 1. The number of aromatic nitrogens is 2. The first-order valence-corrected chi connectivity index (χ1v) is 5.90. The number of benzene rings is 1. The fourth-order valence-corrected chi connectivity index (χ4v) is 2.62. The normalized spacial score (nSPS) is 23.6. The van der Waals surface area contributed by atoms with E-state index in [0.29, 0.717) is 6.04 Å². The minimum absolute atomic E-state index is 0.563. The van der Waals surface area contributed by atoms with Crippen molar-refractivity contribution in [1.82, 2.24) is 9.55 Å². The standard InChI is InChI=1S/C12H14N2OS/c1-7-6-9(7)14-8-4-3-5-10(15-2)11(8)13-12(14)16/h3-5,7,9H,6H2,1-2H3,(H,13,16). The van der Waals surface area contributed by atoms with E-state index in [0.717, 1.165) is 27.5 Å². The topological polar surface area (TPSA) is 29.9 Å². The van der Waals surface area contributed by atoms with Crippen LogP contribution >= 0.6 is 12.2 Å². The molecule has 0 radical (unpaired) electrons. The second kappa shape index (κ2) is 3.35. The molecule has 1 aromatic heterocycles. The molecule has 4 heteroatoms. The summed E-state index contributed by atoms with van der Waals surface area (Å²) in [7, 11) is 1.68. The van der Waals surface area contributed by atoms with Gasteiger partial charge in [0.1, 0.15) is 11.3 Å². The average Bonchev–Trinajstić information content (AvgIpc) is 2.88. The maximum absolute atomic E-state index is 5.38. The third-order valence-electron chi connectivity index (χ3n) is 3.33. The van der Waals surface area contributed by atoms with Crippen LogP contribution < -0.4 is 4.74 Å². The highest BCUT2D eigenvalue weighted by molar-refractivity contribution is 7.71. The van der Waals surface area contributed by atoms with Gasteiger partial charge in [0.25, 0.3) is 0 Å². The average molecular weight is 234 g/mol. The molecule has 2 unspecified atom stereocenters. The van der Waals surface area contributed by atoms with Crippen LogP contribution in [0.5, 0.6) is 5.75 Å². The highest BCUT2D eigenvalue weighted by Crippen LogP contribution is 2.45. The van der Waals surface area contributed by atoms with Crippen LogP contribution in [0.1, 0.15) is 19.4 Å². The fourth-order valence-electron chi connectivity index (χ4n) is 2.28. The number of imidazole rings is 1. The molecule has 3 nitrogen and oxygen atoms in total. The second-order valence-electron chi connectivity index (χ2n) is 4.43. The number of aromatic amines is 1. The van der Waals surface area contributed by atoms with E-state index in [1.807, 2.05) is 12.1 Å². The van der Waals surface area contributed by atoms with E-state index < -0.39 is 0 Å². The number of rotatable bonds is 2. The van der Waals surface area contributed by atoms with Gasteiger partial charge in [-0.25, -0.2) is 0 Å². The third kappa shape index (κ3) is 1.29. The zero-order chi connectivity index (χ0) is 11.3. The zero-order valence-electron chi connectivity index (χ0n) is 9.36. The van der Waals surface area contributed by atoms with Crippen molar-refractivity contribution < 1.29 is 4.74 Å². The summed E-state index contributed by atoms with van der Waals surface area (Å²) in [5.74, 6) is 1.59. The lowest BCUT2D eigenvalue weighted by molar-refractivity contribution is 0.419. The Morgan fingerprint density at radius 1 is 1.50 bits per heavy atom. The number of para-hydroxylation sites is 1. The Kier molecular flexibility index (Phi) is 2.07. The van der Waals surface area contributed by atoms with Crippen molar-refractivity contribution in [1.29, 1.82) is 0 Å². The first-order chi connectivity index (χ1) is 7.72. The summed E-state index contributed by atoms with van der Waals surface area (Å²) >= 11 is 5.38. The molecule has 84 valence electrons. The predicted molar refractivity (Wildman–Crippen MR) is 66.5 cm³/mol. The minimum atomic E-state index is 0.563. The van der Waals surface area contributed by atoms with Crippen LogP contribution in [0.2, 0.25) is 0 Å². The van der Waals surface area contributed by atoms with Crippen LogP contribution in [0.15, 0.2) is 18.2 Å². The molecule has 1 aliphatic carbocycles. The van der Waals surface area contributed by atoms with Crippen molar-refractivity contribution in [3.63, 3.8) is 0 Å². The molecule has 2 atom stereocenters. The van der Waals surface area contributed by atoms with Gasteiger partial charge in [0.15, 0.2) is 4.77 Å². The van der Waals surface area contributed by atoms with Crippen molar-refractivity contribution in [3.05, 3.63) is 23.0 Å². The van der Waals surface area contributed by atoms with Crippen molar-refractivity contribution >= 4 is 23.3 Å². The van der Waals surface area contributed by atoms with Crippen LogP contribution in [-0.4, -0.2) is 16.7 Å². The molecule has 0 amide bonds. The van der Waals surface area contributed by atoms with Crippen molar-refractivity contribution in [3.8, 4) is 5.75 Å². The molecule has 0 aliphatic heterocycles. The first kappa shape index (κ1) is 9.90. The summed E-state index contributed by atoms with van der Waals surface area (Å²) in [6.45, 7) is 2.26. The number of ether oxygens (including phenoxy) is 1. The molecule has 0 bridgehead atoms. The molecule has 3 rings (SSSR count). The fraction of sp³-hybridized carbons (Fsp3) is 0.417. The van der Waals surface area contributed by atoms with Gasteiger partial charge < -0.3 is 14.3 Å². The summed E-state index contributed by atoms with van der Waals surface area (Å²) in [4.78, 5) is 3.24. The Labute approximate surface area is 99.0 Å². The lowest BCUT2D eigenvalue weighted by atomic mass is 10.3. The van der Waals surface area contributed by atoms with Crippen LogP contribution in [0.3, 0.4) is 0 Å². The summed E-state index contributed by atoms with van der Waals surface area (Å²) in [6.07, 6.45) is 1.22. The first-order valence-electron chi connectivity index (χ1n) is 5.49. The van der Waals surface area contributed by atoms with Gasteiger partial charge in [0.05, 0.1) is 12.6 Å². The second-order valence-corrected chi connectivity index (χ2v) is 4.82. The molecule has 1 fully saturated rings. The van der Waals surface area contributed by atoms with E-state index in [9.17, 15) is 0 Å². The molecule has 1 heterocycles. The highest BCUT2D eigenvalue weighted by atomic mass is 32.1. The van der Waals surface area contributed by atoms with E-state index in [2.05, 4.69) is 22.5 Å². The van der Waals surface area contributed by atoms with Crippen LogP contribution in [-0.2, 0) is 0 Å². The number of nitrogens with one attached hydrogen (secondary N) is 1. The van der Waals surface area contributed by atoms with Gasteiger partial charge in [-0.1, -0.05) is 13.0 Å². The lowest BCUT2D eigenvalue weighted by Crippen LogP contribution is -1.95. The summed E-state index contributed by atoms with van der Waals surface area (Å²) in [5.41, 5.74) is 2.16. The smallest absolute Gasteiger partial charge is 0.178 e. The van der Waals surface area contributed by atoms with Crippen LogP contribution in [0, 0.1) is 10.7 Å². The van der Waals surface area contributed by atoms with Crippen LogP contribution in [0.4, 0.5) is 0 Å². The molecular weight excluding hydrogens is 220 g/mol. The Morgan fingerprint density at radius 3 is 2.88 bits per heavy atom. The lowest BCUT2D eigenvalue weighted by Gasteiger charge is -2.03. The monoisotopic (exact) mass is 234 g/mol. The Hall–Kier alpha value is -1.29. The third-order valence-corrected chi connectivity index (χ3v) is 3.63. The minimum Gasteiger partial charge on any atom is -0.494 e.